The van der Waals surface area contributed by atoms with Crippen LogP contribution in [-0.2, 0) is 6.54 Å². The van der Waals surface area contributed by atoms with Gasteiger partial charge in [0.15, 0.2) is 5.82 Å². The Bertz CT molecular complexity index is 445. The molecule has 2 aromatic rings. The third kappa shape index (κ3) is 2.39. The minimum absolute atomic E-state index is 0.348. The van der Waals surface area contributed by atoms with Crippen LogP contribution in [0.15, 0.2) is 10.8 Å². The van der Waals surface area contributed by atoms with E-state index in [-0.39, 0.29) is 0 Å². The van der Waals surface area contributed by atoms with Crippen LogP contribution in [0.5, 0.6) is 0 Å². The van der Waals surface area contributed by atoms with Crippen molar-refractivity contribution in [1.29, 1.82) is 0 Å². The zero-order valence-electron chi connectivity index (χ0n) is 7.28. The molecule has 0 aliphatic rings. The van der Waals surface area contributed by atoms with Crippen molar-refractivity contribution < 1.29 is 0 Å². The number of hydrogen-bond donors (Lipinski definition) is 2. The smallest absolute Gasteiger partial charge is 0.193 e. The highest BCUT2D eigenvalue weighted by molar-refractivity contribution is 9.10. The topological polar surface area (TPSA) is 92.3 Å². The Balaban J connectivity index is 2.08. The zero-order valence-corrected chi connectivity index (χ0v) is 9.62. The lowest BCUT2D eigenvalue weighted by molar-refractivity contribution is 0.881. The summed E-state index contributed by atoms with van der Waals surface area (Å²) in [7, 11) is 0. The van der Waals surface area contributed by atoms with Crippen molar-refractivity contribution >= 4 is 33.3 Å². The normalized spacial score (nSPS) is 10.3. The molecule has 0 unspecified atom stereocenters. The maximum absolute atomic E-state index is 5.79. The fourth-order valence-corrected chi connectivity index (χ4v) is 1.37. The SMILES string of the molecule is Clc1ncnc(NCc2nn[nH]n2)c1Br. The largest absolute Gasteiger partial charge is 0.362 e. The maximum Gasteiger partial charge on any atom is 0.193 e. The summed E-state index contributed by atoms with van der Waals surface area (Å²) in [6, 6.07) is 0. The van der Waals surface area contributed by atoms with Gasteiger partial charge in [-0.15, -0.1) is 10.2 Å². The molecule has 0 saturated carbocycles. The average molecular weight is 291 g/mol. The molecule has 2 aromatic heterocycles. The maximum atomic E-state index is 5.79. The number of rotatable bonds is 3. The first-order valence-electron chi connectivity index (χ1n) is 3.89. The highest BCUT2D eigenvalue weighted by Crippen LogP contribution is 2.25. The molecule has 0 spiro atoms. The van der Waals surface area contributed by atoms with Crippen LogP contribution in [0.25, 0.3) is 0 Å². The van der Waals surface area contributed by atoms with Crippen LogP contribution in [0.3, 0.4) is 0 Å². The summed E-state index contributed by atoms with van der Waals surface area (Å²) >= 11 is 9.05. The van der Waals surface area contributed by atoms with E-state index < -0.39 is 0 Å². The van der Waals surface area contributed by atoms with Gasteiger partial charge in [-0.3, -0.25) is 0 Å². The fourth-order valence-electron chi connectivity index (χ4n) is 0.892. The Morgan fingerprint density at radius 1 is 1.47 bits per heavy atom. The van der Waals surface area contributed by atoms with Gasteiger partial charge in [-0.25, -0.2) is 9.97 Å². The molecule has 2 heterocycles. The van der Waals surface area contributed by atoms with Crippen LogP contribution in [0, 0.1) is 0 Å². The first-order valence-corrected chi connectivity index (χ1v) is 5.06. The van der Waals surface area contributed by atoms with E-state index in [1.54, 1.807) is 0 Å². The van der Waals surface area contributed by atoms with Crippen molar-refractivity contribution in [3.63, 3.8) is 0 Å². The summed E-state index contributed by atoms with van der Waals surface area (Å²) in [5.41, 5.74) is 0. The minimum atomic E-state index is 0.348. The molecule has 7 nitrogen and oxygen atoms in total. The summed E-state index contributed by atoms with van der Waals surface area (Å²) in [6.45, 7) is 0.405. The van der Waals surface area contributed by atoms with Gasteiger partial charge in [0.1, 0.15) is 17.3 Å². The Hall–Kier alpha value is -1.28. The highest BCUT2D eigenvalue weighted by atomic mass is 79.9. The number of halogens is 2. The molecular formula is C6H5BrClN7. The first-order chi connectivity index (χ1) is 7.27. The number of tetrazole rings is 1. The zero-order chi connectivity index (χ0) is 10.7. The molecular weight excluding hydrogens is 285 g/mol. The number of hydrogen-bond acceptors (Lipinski definition) is 6. The number of H-pyrrole nitrogens is 1. The summed E-state index contributed by atoms with van der Waals surface area (Å²) in [6.07, 6.45) is 1.37. The van der Waals surface area contributed by atoms with E-state index in [0.29, 0.717) is 27.8 Å². The Kier molecular flexibility index (Phi) is 3.07. The summed E-state index contributed by atoms with van der Waals surface area (Å²) in [4.78, 5) is 7.80. The molecule has 0 amide bonds. The number of nitrogens with zero attached hydrogens (tertiary/aromatic N) is 5. The molecule has 0 bridgehead atoms. The van der Waals surface area contributed by atoms with Crippen LogP contribution in [0.1, 0.15) is 5.82 Å². The van der Waals surface area contributed by atoms with Gasteiger partial charge in [-0.1, -0.05) is 16.8 Å². The summed E-state index contributed by atoms with van der Waals surface area (Å²) in [5, 5.41) is 16.7. The molecule has 0 aliphatic carbocycles. The standard InChI is InChI=1S/C6H5BrClN7/c7-4-5(8)10-2-11-6(4)9-1-3-12-14-15-13-3/h2H,1H2,(H,9,10,11)(H,12,13,14,15). The number of aromatic nitrogens is 6. The summed E-state index contributed by atoms with van der Waals surface area (Å²) < 4.78 is 0.607. The van der Waals surface area contributed by atoms with Gasteiger partial charge in [0.2, 0.25) is 0 Å². The number of anilines is 1. The molecule has 2 N–H and O–H groups in total. The quantitative estimate of drug-likeness (QED) is 0.820. The monoisotopic (exact) mass is 289 g/mol. The molecule has 2 rings (SSSR count). The van der Waals surface area contributed by atoms with E-state index in [4.69, 9.17) is 11.6 Å². The lowest BCUT2D eigenvalue weighted by atomic mass is 10.5. The van der Waals surface area contributed by atoms with Gasteiger partial charge in [0, 0.05) is 0 Å². The fraction of sp³-hybridized carbons (Fsp3) is 0.167. The van der Waals surface area contributed by atoms with Crippen LogP contribution in [0.4, 0.5) is 5.82 Å². The molecule has 9 heteroatoms. The van der Waals surface area contributed by atoms with Gasteiger partial charge in [-0.05, 0) is 15.9 Å². The lowest BCUT2D eigenvalue weighted by Gasteiger charge is -2.04. The number of aromatic amines is 1. The third-order valence-electron chi connectivity index (χ3n) is 1.55. The molecule has 0 aliphatic heterocycles. The average Bonchev–Trinajstić information content (AvgIpc) is 2.73. The molecule has 0 saturated heterocycles. The third-order valence-corrected chi connectivity index (χ3v) is 2.82. The van der Waals surface area contributed by atoms with Crippen molar-refractivity contribution in [2.45, 2.75) is 6.54 Å². The minimum Gasteiger partial charge on any atom is -0.362 e. The van der Waals surface area contributed by atoms with Gasteiger partial charge in [0.05, 0.1) is 11.0 Å². The highest BCUT2D eigenvalue weighted by Gasteiger charge is 2.06. The van der Waals surface area contributed by atoms with Crippen LogP contribution in [-0.4, -0.2) is 30.6 Å². The van der Waals surface area contributed by atoms with Crippen LogP contribution in [0.2, 0.25) is 5.15 Å². The second kappa shape index (κ2) is 4.49. The lowest BCUT2D eigenvalue weighted by Crippen LogP contribution is -2.04. The predicted molar refractivity (Wildman–Crippen MR) is 56.2 cm³/mol. The number of nitrogens with one attached hydrogen (secondary N) is 2. The molecule has 78 valence electrons. The van der Waals surface area contributed by atoms with Gasteiger partial charge >= 0.3 is 0 Å². The Morgan fingerprint density at radius 2 is 2.33 bits per heavy atom. The van der Waals surface area contributed by atoms with E-state index >= 15 is 0 Å². The van der Waals surface area contributed by atoms with Crippen molar-refractivity contribution in [3.05, 3.63) is 21.8 Å². The second-order valence-electron chi connectivity index (χ2n) is 2.51. The van der Waals surface area contributed by atoms with E-state index in [1.165, 1.54) is 6.33 Å². The van der Waals surface area contributed by atoms with Crippen molar-refractivity contribution in [3.8, 4) is 0 Å². The van der Waals surface area contributed by atoms with E-state index in [9.17, 15) is 0 Å². The van der Waals surface area contributed by atoms with E-state index in [2.05, 4.69) is 51.8 Å². The molecule has 0 aromatic carbocycles. The van der Waals surface area contributed by atoms with Crippen LogP contribution >= 0.6 is 27.5 Å². The van der Waals surface area contributed by atoms with E-state index in [1.807, 2.05) is 0 Å². The second-order valence-corrected chi connectivity index (χ2v) is 3.66. The predicted octanol–water partition coefficient (Wildman–Crippen LogP) is 1.02. The first kappa shape index (κ1) is 10.2. The van der Waals surface area contributed by atoms with Crippen molar-refractivity contribution in [2.24, 2.45) is 0 Å². The molecule has 15 heavy (non-hydrogen) atoms. The van der Waals surface area contributed by atoms with Crippen molar-refractivity contribution in [2.75, 3.05) is 5.32 Å². The molecule has 0 atom stereocenters. The Morgan fingerprint density at radius 3 is 3.07 bits per heavy atom. The molecule has 0 fully saturated rings. The van der Waals surface area contributed by atoms with Gasteiger partial charge in [-0.2, -0.15) is 5.21 Å². The van der Waals surface area contributed by atoms with E-state index in [0.717, 1.165) is 0 Å². The van der Waals surface area contributed by atoms with Gasteiger partial charge < -0.3 is 5.32 Å². The van der Waals surface area contributed by atoms with Crippen molar-refractivity contribution in [1.82, 2.24) is 30.6 Å². The summed E-state index contributed by atoms with van der Waals surface area (Å²) in [5.74, 6) is 1.12. The molecule has 0 radical (unpaired) electrons. The Labute approximate surface area is 97.8 Å². The van der Waals surface area contributed by atoms with Crippen LogP contribution < -0.4 is 5.32 Å². The van der Waals surface area contributed by atoms with Gasteiger partial charge in [0.25, 0.3) is 0 Å².